The van der Waals surface area contributed by atoms with Crippen LogP contribution in [0.25, 0.3) is 0 Å². The monoisotopic (exact) mass is 159 g/mol. The summed E-state index contributed by atoms with van der Waals surface area (Å²) in [6.07, 6.45) is 2.16. The summed E-state index contributed by atoms with van der Waals surface area (Å²) in [4.78, 5) is 3.85. The van der Waals surface area contributed by atoms with Gasteiger partial charge >= 0.3 is 0 Å². The Labute approximate surface area is 67.5 Å². The van der Waals surface area contributed by atoms with Gasteiger partial charge in [-0.1, -0.05) is 13.8 Å². The molecule has 4 nitrogen and oxygen atoms in total. The molecule has 0 bridgehead atoms. The highest BCUT2D eigenvalue weighted by Gasteiger charge is 1.92. The van der Waals surface area contributed by atoms with Gasteiger partial charge in [0.05, 0.1) is 0 Å². The third-order valence-corrected chi connectivity index (χ3v) is 1.34. The number of nitrogens with zero attached hydrogens (tertiary/aromatic N) is 1. The zero-order valence-electron chi connectivity index (χ0n) is 7.17. The lowest BCUT2D eigenvalue weighted by atomic mass is 10.1. The fourth-order valence-electron chi connectivity index (χ4n) is 0.734. The number of nitrogens with two attached hydrogens (primary N) is 1. The fraction of sp³-hybridized carbons (Fsp3) is 0.857. The molecule has 0 saturated heterocycles. The third kappa shape index (κ3) is 7.12. The second-order valence-electron chi connectivity index (χ2n) is 2.91. The van der Waals surface area contributed by atoms with Crippen molar-refractivity contribution in [2.75, 3.05) is 6.54 Å². The second-order valence-corrected chi connectivity index (χ2v) is 2.91. The van der Waals surface area contributed by atoms with Gasteiger partial charge in [-0.25, -0.2) is 5.48 Å². The quantitative estimate of drug-likeness (QED) is 0.245. The molecule has 0 rings (SSSR count). The Morgan fingerprint density at radius 2 is 2.27 bits per heavy atom. The van der Waals surface area contributed by atoms with Crippen LogP contribution < -0.4 is 11.2 Å². The van der Waals surface area contributed by atoms with Gasteiger partial charge in [-0.2, -0.15) is 0 Å². The maximum atomic E-state index is 8.24. The molecule has 11 heavy (non-hydrogen) atoms. The summed E-state index contributed by atoms with van der Waals surface area (Å²) in [5, 5.41) is 8.24. The van der Waals surface area contributed by atoms with E-state index in [0.717, 1.165) is 12.8 Å². The summed E-state index contributed by atoms with van der Waals surface area (Å²) in [7, 11) is 0. The molecule has 0 saturated carbocycles. The maximum absolute atomic E-state index is 8.24. The highest BCUT2D eigenvalue weighted by molar-refractivity contribution is 5.76. The highest BCUT2D eigenvalue weighted by Crippen LogP contribution is 2.02. The average molecular weight is 159 g/mol. The van der Waals surface area contributed by atoms with Crippen LogP contribution in [0.1, 0.15) is 26.7 Å². The van der Waals surface area contributed by atoms with E-state index in [2.05, 4.69) is 18.8 Å². The molecule has 66 valence electrons. The lowest BCUT2D eigenvalue weighted by Crippen LogP contribution is -2.28. The van der Waals surface area contributed by atoms with Crippen LogP contribution in [0.5, 0.6) is 0 Å². The zero-order valence-corrected chi connectivity index (χ0v) is 7.17. The standard InChI is InChI=1S/C7H17N3O/c1-6(2)4-3-5-9-7(8)10-11/h6,11H,3-5H2,1-2H3,(H3,8,9,10). The molecule has 0 aliphatic carbocycles. The summed E-state index contributed by atoms with van der Waals surface area (Å²) in [6.45, 7) is 5.01. The number of hydroxylamine groups is 1. The first-order valence-corrected chi connectivity index (χ1v) is 3.87. The predicted octanol–water partition coefficient (Wildman–Crippen LogP) is 0.716. The van der Waals surface area contributed by atoms with Gasteiger partial charge < -0.3 is 5.73 Å². The molecule has 0 unspecified atom stereocenters. The van der Waals surface area contributed by atoms with E-state index < -0.39 is 0 Å². The molecular weight excluding hydrogens is 142 g/mol. The van der Waals surface area contributed by atoms with Crippen LogP contribution in [0.4, 0.5) is 0 Å². The van der Waals surface area contributed by atoms with Crippen LogP contribution >= 0.6 is 0 Å². The molecule has 0 amide bonds. The Morgan fingerprint density at radius 3 is 2.73 bits per heavy atom. The summed E-state index contributed by atoms with van der Waals surface area (Å²) in [5.41, 5.74) is 6.96. The Balaban J connectivity index is 3.26. The molecule has 0 fully saturated rings. The van der Waals surface area contributed by atoms with Crippen molar-refractivity contribution in [3.63, 3.8) is 0 Å². The van der Waals surface area contributed by atoms with E-state index in [1.54, 1.807) is 5.48 Å². The molecule has 0 atom stereocenters. The minimum absolute atomic E-state index is 0.0914. The molecule has 0 aromatic rings. The Kier molecular flexibility index (Phi) is 5.56. The molecular formula is C7H17N3O. The molecule has 0 aromatic heterocycles. The van der Waals surface area contributed by atoms with Crippen LogP contribution in [0, 0.1) is 5.92 Å². The minimum Gasteiger partial charge on any atom is -0.368 e. The van der Waals surface area contributed by atoms with Crippen molar-refractivity contribution in [3.05, 3.63) is 0 Å². The number of aliphatic imine (C=N–C) groups is 1. The van der Waals surface area contributed by atoms with E-state index in [0.29, 0.717) is 12.5 Å². The SMILES string of the molecule is CC(C)CCCN=C(N)NO. The summed E-state index contributed by atoms with van der Waals surface area (Å²) in [6, 6.07) is 0. The predicted molar refractivity (Wildman–Crippen MR) is 45.5 cm³/mol. The normalized spacial score (nSPS) is 12.2. The van der Waals surface area contributed by atoms with E-state index >= 15 is 0 Å². The molecule has 4 heteroatoms. The molecule has 0 aliphatic heterocycles. The third-order valence-electron chi connectivity index (χ3n) is 1.34. The lowest BCUT2D eigenvalue weighted by molar-refractivity contribution is 0.232. The maximum Gasteiger partial charge on any atom is 0.212 e. The van der Waals surface area contributed by atoms with Gasteiger partial charge in [-0.3, -0.25) is 10.2 Å². The van der Waals surface area contributed by atoms with Crippen LogP contribution in [0.15, 0.2) is 4.99 Å². The van der Waals surface area contributed by atoms with Crippen molar-refractivity contribution in [2.45, 2.75) is 26.7 Å². The molecule has 4 N–H and O–H groups in total. The van der Waals surface area contributed by atoms with Crippen LogP contribution in [0.2, 0.25) is 0 Å². The van der Waals surface area contributed by atoms with E-state index in [4.69, 9.17) is 10.9 Å². The first-order valence-electron chi connectivity index (χ1n) is 3.87. The summed E-state index contributed by atoms with van der Waals surface area (Å²) < 4.78 is 0. The fourth-order valence-corrected chi connectivity index (χ4v) is 0.734. The number of hydrogen-bond donors (Lipinski definition) is 3. The smallest absolute Gasteiger partial charge is 0.212 e. The van der Waals surface area contributed by atoms with Crippen LogP contribution in [0.3, 0.4) is 0 Å². The van der Waals surface area contributed by atoms with Crippen molar-refractivity contribution in [3.8, 4) is 0 Å². The van der Waals surface area contributed by atoms with Gasteiger partial charge in [0, 0.05) is 6.54 Å². The van der Waals surface area contributed by atoms with E-state index in [1.807, 2.05) is 0 Å². The lowest BCUT2D eigenvalue weighted by Gasteiger charge is -2.01. The first-order chi connectivity index (χ1) is 5.16. The van der Waals surface area contributed by atoms with Gasteiger partial charge in [0.2, 0.25) is 5.96 Å². The van der Waals surface area contributed by atoms with Gasteiger partial charge in [0.1, 0.15) is 0 Å². The van der Waals surface area contributed by atoms with Crippen molar-refractivity contribution in [1.82, 2.24) is 5.48 Å². The Hall–Kier alpha value is -0.770. The number of rotatable bonds is 4. The topological polar surface area (TPSA) is 70.6 Å². The largest absolute Gasteiger partial charge is 0.368 e. The number of hydrogen-bond acceptors (Lipinski definition) is 2. The molecule has 0 heterocycles. The van der Waals surface area contributed by atoms with Gasteiger partial charge in [0.25, 0.3) is 0 Å². The minimum atomic E-state index is 0.0914. The molecule has 0 aromatic carbocycles. The van der Waals surface area contributed by atoms with Crippen molar-refractivity contribution in [1.29, 1.82) is 0 Å². The molecule has 0 radical (unpaired) electrons. The molecule has 0 spiro atoms. The van der Waals surface area contributed by atoms with E-state index in [9.17, 15) is 0 Å². The highest BCUT2D eigenvalue weighted by atomic mass is 16.5. The Morgan fingerprint density at radius 1 is 1.64 bits per heavy atom. The second kappa shape index (κ2) is 5.97. The van der Waals surface area contributed by atoms with Gasteiger partial charge in [0.15, 0.2) is 0 Å². The van der Waals surface area contributed by atoms with Crippen LogP contribution in [-0.2, 0) is 0 Å². The number of guanidine groups is 1. The Bertz CT molecular complexity index is 123. The van der Waals surface area contributed by atoms with E-state index in [-0.39, 0.29) is 5.96 Å². The summed E-state index contributed by atoms with van der Waals surface area (Å²) >= 11 is 0. The first kappa shape index (κ1) is 10.2. The van der Waals surface area contributed by atoms with Crippen LogP contribution in [-0.4, -0.2) is 17.7 Å². The number of nitrogens with one attached hydrogen (secondary N) is 1. The van der Waals surface area contributed by atoms with Crippen molar-refractivity contribution in [2.24, 2.45) is 16.6 Å². The zero-order chi connectivity index (χ0) is 8.69. The average Bonchev–Trinajstić information content (AvgIpc) is 1.97. The van der Waals surface area contributed by atoms with Crippen molar-refractivity contribution < 1.29 is 5.21 Å². The van der Waals surface area contributed by atoms with E-state index in [1.165, 1.54) is 0 Å². The van der Waals surface area contributed by atoms with Crippen molar-refractivity contribution >= 4 is 5.96 Å². The van der Waals surface area contributed by atoms with Gasteiger partial charge in [-0.15, -0.1) is 0 Å². The molecule has 0 aliphatic rings. The summed E-state index contributed by atoms with van der Waals surface area (Å²) in [5.74, 6) is 0.794. The van der Waals surface area contributed by atoms with Gasteiger partial charge in [-0.05, 0) is 18.8 Å².